The smallest absolute Gasteiger partial charge is 0.351 e. The van der Waals surface area contributed by atoms with Crippen LogP contribution in [0.15, 0.2) is 35.3 Å². The number of aromatic amines is 1. The summed E-state index contributed by atoms with van der Waals surface area (Å²) >= 11 is 6.11. The molecule has 0 saturated carbocycles. The first-order valence-electron chi connectivity index (χ1n) is 9.27. The normalized spacial score (nSPS) is 12.1. The highest BCUT2D eigenvalue weighted by atomic mass is 35.5. The molecular weight excluding hydrogens is 454 g/mol. The molecule has 12 heteroatoms. The third kappa shape index (κ3) is 4.82. The monoisotopic (exact) mass is 471 g/mol. The minimum atomic E-state index is -4.59. The molecule has 0 radical (unpaired) electrons. The van der Waals surface area contributed by atoms with Crippen LogP contribution in [0.3, 0.4) is 0 Å². The van der Waals surface area contributed by atoms with Gasteiger partial charge in [-0.2, -0.15) is 17.9 Å². The second kappa shape index (κ2) is 8.38. The van der Waals surface area contributed by atoms with Gasteiger partial charge in [-0.3, -0.25) is 9.78 Å². The molecule has 3 rings (SSSR count). The van der Waals surface area contributed by atoms with Crippen molar-refractivity contribution in [3.63, 3.8) is 0 Å². The standard InChI is InChI=1S/C20H18ClF4N5O2/c1-19(2,3)17(31)27-8-10-4-6-12(21)14(15(10)22)16-28-18(32)30(29-16)13-7-5-11(9-26-13)20(23,24)25/h4-7,9H,8H2,1-3H3,(H,27,31)(H,28,29,32). The average molecular weight is 472 g/mol. The van der Waals surface area contributed by atoms with Gasteiger partial charge in [0.25, 0.3) is 0 Å². The van der Waals surface area contributed by atoms with Crippen LogP contribution in [-0.2, 0) is 17.5 Å². The Labute approximate surface area is 184 Å². The van der Waals surface area contributed by atoms with E-state index >= 15 is 4.39 Å². The van der Waals surface area contributed by atoms with Crippen molar-refractivity contribution < 1.29 is 22.4 Å². The van der Waals surface area contributed by atoms with Gasteiger partial charge in [0, 0.05) is 23.7 Å². The lowest BCUT2D eigenvalue weighted by atomic mass is 9.95. The second-order valence-electron chi connectivity index (χ2n) is 7.92. The molecule has 2 heterocycles. The molecule has 1 aromatic carbocycles. The Morgan fingerprint density at radius 3 is 2.44 bits per heavy atom. The summed E-state index contributed by atoms with van der Waals surface area (Å²) in [7, 11) is 0. The largest absolute Gasteiger partial charge is 0.417 e. The second-order valence-corrected chi connectivity index (χ2v) is 8.33. The van der Waals surface area contributed by atoms with Crippen molar-refractivity contribution in [2.24, 2.45) is 5.41 Å². The molecule has 0 aliphatic heterocycles. The van der Waals surface area contributed by atoms with E-state index in [0.717, 1.165) is 12.1 Å². The van der Waals surface area contributed by atoms with Gasteiger partial charge in [-0.15, -0.1) is 5.10 Å². The zero-order valence-electron chi connectivity index (χ0n) is 17.1. The van der Waals surface area contributed by atoms with E-state index in [1.807, 2.05) is 0 Å². The van der Waals surface area contributed by atoms with Crippen molar-refractivity contribution >= 4 is 17.5 Å². The Hall–Kier alpha value is -3.21. The average Bonchev–Trinajstić information content (AvgIpc) is 3.07. The first-order chi connectivity index (χ1) is 14.8. The molecule has 0 fully saturated rings. The van der Waals surface area contributed by atoms with Gasteiger partial charge in [-0.1, -0.05) is 38.4 Å². The van der Waals surface area contributed by atoms with Crippen LogP contribution >= 0.6 is 11.6 Å². The summed E-state index contributed by atoms with van der Waals surface area (Å²) in [6.07, 6.45) is -4.03. The molecule has 0 unspecified atom stereocenters. The van der Waals surface area contributed by atoms with E-state index in [2.05, 4.69) is 20.4 Å². The molecule has 7 nitrogen and oxygen atoms in total. The van der Waals surface area contributed by atoms with E-state index in [9.17, 15) is 22.8 Å². The number of hydrogen-bond donors (Lipinski definition) is 2. The lowest BCUT2D eigenvalue weighted by Crippen LogP contribution is -2.34. The molecule has 1 amide bonds. The minimum Gasteiger partial charge on any atom is -0.351 e. The number of H-pyrrole nitrogens is 1. The van der Waals surface area contributed by atoms with Crippen molar-refractivity contribution in [1.29, 1.82) is 0 Å². The van der Waals surface area contributed by atoms with Gasteiger partial charge in [-0.05, 0) is 18.2 Å². The van der Waals surface area contributed by atoms with Crippen molar-refractivity contribution in [2.75, 3.05) is 0 Å². The number of halogens is 5. The van der Waals surface area contributed by atoms with Crippen LogP contribution in [0, 0.1) is 11.2 Å². The highest BCUT2D eigenvalue weighted by Crippen LogP contribution is 2.31. The predicted molar refractivity (Wildman–Crippen MR) is 109 cm³/mol. The minimum absolute atomic E-state index is 0.0605. The molecule has 0 spiro atoms. The third-order valence-corrected chi connectivity index (χ3v) is 4.75. The molecule has 2 N–H and O–H groups in total. The van der Waals surface area contributed by atoms with E-state index in [1.54, 1.807) is 20.8 Å². The number of pyridine rings is 1. The first-order valence-corrected chi connectivity index (χ1v) is 9.65. The summed E-state index contributed by atoms with van der Waals surface area (Å²) in [5.41, 5.74) is -2.65. The van der Waals surface area contributed by atoms with E-state index in [0.29, 0.717) is 10.9 Å². The summed E-state index contributed by atoms with van der Waals surface area (Å²) < 4.78 is 54.0. The molecule has 0 aliphatic carbocycles. The first kappa shape index (κ1) is 23.5. The Morgan fingerprint density at radius 1 is 1.19 bits per heavy atom. The van der Waals surface area contributed by atoms with Gasteiger partial charge < -0.3 is 5.32 Å². The highest BCUT2D eigenvalue weighted by molar-refractivity contribution is 6.33. The van der Waals surface area contributed by atoms with Crippen LogP contribution in [0.4, 0.5) is 17.6 Å². The number of nitrogens with one attached hydrogen (secondary N) is 2. The number of nitrogens with zero attached hydrogens (tertiary/aromatic N) is 3. The van der Waals surface area contributed by atoms with Crippen LogP contribution in [0.25, 0.3) is 17.2 Å². The van der Waals surface area contributed by atoms with Crippen LogP contribution in [-0.4, -0.2) is 25.7 Å². The molecule has 32 heavy (non-hydrogen) atoms. The van der Waals surface area contributed by atoms with Crippen LogP contribution < -0.4 is 11.0 Å². The zero-order valence-corrected chi connectivity index (χ0v) is 17.9. The molecule has 0 atom stereocenters. The Balaban J connectivity index is 1.95. The molecule has 0 aliphatic rings. The number of carbonyl (C=O) groups excluding carboxylic acids is 1. The number of carbonyl (C=O) groups is 1. The number of amides is 1. The number of aromatic nitrogens is 4. The quantitative estimate of drug-likeness (QED) is 0.560. The zero-order chi connectivity index (χ0) is 23.8. The highest BCUT2D eigenvalue weighted by Gasteiger charge is 2.31. The van der Waals surface area contributed by atoms with Crippen molar-refractivity contribution in [2.45, 2.75) is 33.5 Å². The lowest BCUT2D eigenvalue weighted by molar-refractivity contribution is -0.137. The Morgan fingerprint density at radius 2 is 1.88 bits per heavy atom. The molecule has 2 aromatic heterocycles. The number of rotatable bonds is 4. The van der Waals surface area contributed by atoms with Gasteiger partial charge in [0.2, 0.25) is 5.91 Å². The molecule has 0 bridgehead atoms. The van der Waals surface area contributed by atoms with E-state index in [1.165, 1.54) is 12.1 Å². The topological polar surface area (TPSA) is 92.7 Å². The maximum absolute atomic E-state index is 15.1. The van der Waals surface area contributed by atoms with Crippen LogP contribution in [0.1, 0.15) is 31.9 Å². The number of benzene rings is 1. The Bertz CT molecular complexity index is 1210. The third-order valence-electron chi connectivity index (χ3n) is 4.44. The summed E-state index contributed by atoms with van der Waals surface area (Å²) in [4.78, 5) is 30.3. The predicted octanol–water partition coefficient (Wildman–Crippen LogP) is 4.10. The fraction of sp³-hybridized carbons (Fsp3) is 0.300. The fourth-order valence-electron chi connectivity index (χ4n) is 2.66. The van der Waals surface area contributed by atoms with Gasteiger partial charge in [-0.25, -0.2) is 14.2 Å². The summed E-state index contributed by atoms with van der Waals surface area (Å²) in [6, 6.07) is 4.48. The SMILES string of the molecule is CC(C)(C)C(=O)NCc1ccc(Cl)c(-c2nn(-c3ccc(C(F)(F)F)cn3)c(=O)[nH]2)c1F. The van der Waals surface area contributed by atoms with Gasteiger partial charge >= 0.3 is 11.9 Å². The fourth-order valence-corrected chi connectivity index (χ4v) is 2.90. The lowest BCUT2D eigenvalue weighted by Gasteiger charge is -2.18. The molecule has 0 saturated heterocycles. The molecular formula is C20H18ClF4N5O2. The van der Waals surface area contributed by atoms with Gasteiger partial charge in [0.1, 0.15) is 5.82 Å². The Kier molecular flexibility index (Phi) is 6.14. The summed E-state index contributed by atoms with van der Waals surface area (Å²) in [5.74, 6) is -1.55. The summed E-state index contributed by atoms with van der Waals surface area (Å²) in [5, 5.41) is 6.49. The molecule has 170 valence electrons. The number of alkyl halides is 3. The van der Waals surface area contributed by atoms with Gasteiger partial charge in [0.05, 0.1) is 16.1 Å². The summed E-state index contributed by atoms with van der Waals surface area (Å²) in [6.45, 7) is 4.99. The molecule has 3 aromatic rings. The van der Waals surface area contributed by atoms with E-state index in [4.69, 9.17) is 11.6 Å². The number of hydrogen-bond acceptors (Lipinski definition) is 4. The van der Waals surface area contributed by atoms with Crippen molar-refractivity contribution in [1.82, 2.24) is 25.1 Å². The van der Waals surface area contributed by atoms with Crippen molar-refractivity contribution in [3.05, 3.63) is 62.9 Å². The van der Waals surface area contributed by atoms with Gasteiger partial charge in [0.15, 0.2) is 11.6 Å². The van der Waals surface area contributed by atoms with Crippen molar-refractivity contribution in [3.8, 4) is 17.2 Å². The van der Waals surface area contributed by atoms with Crippen LogP contribution in [0.5, 0.6) is 0 Å². The maximum Gasteiger partial charge on any atom is 0.417 e. The van der Waals surface area contributed by atoms with E-state index in [-0.39, 0.29) is 40.2 Å². The van der Waals surface area contributed by atoms with Crippen LogP contribution in [0.2, 0.25) is 5.02 Å². The maximum atomic E-state index is 15.1. The van der Waals surface area contributed by atoms with E-state index < -0.39 is 28.7 Å².